The SMILES string of the molecule is Cc1cc(OCC(=O)N2CCCC(c3noc(-c4cnccn4)n3)C2)ccc1Cl. The number of piperidine rings is 1. The number of carbonyl (C=O) groups excluding carboxylic acids is 1. The summed E-state index contributed by atoms with van der Waals surface area (Å²) < 4.78 is 11.0. The van der Waals surface area contributed by atoms with Crippen LogP contribution < -0.4 is 4.74 Å². The van der Waals surface area contributed by atoms with Crippen molar-refractivity contribution >= 4 is 17.5 Å². The van der Waals surface area contributed by atoms with Gasteiger partial charge in [0.15, 0.2) is 12.4 Å². The quantitative estimate of drug-likeness (QED) is 0.633. The van der Waals surface area contributed by atoms with Crippen LogP contribution >= 0.6 is 11.6 Å². The molecule has 9 heteroatoms. The second-order valence-corrected chi connectivity index (χ2v) is 7.33. The van der Waals surface area contributed by atoms with Gasteiger partial charge in [-0.15, -0.1) is 0 Å². The van der Waals surface area contributed by atoms with Crippen molar-refractivity contribution in [3.63, 3.8) is 0 Å². The second-order valence-electron chi connectivity index (χ2n) is 6.93. The first-order valence-corrected chi connectivity index (χ1v) is 9.74. The molecule has 4 rings (SSSR count). The third-order valence-electron chi connectivity index (χ3n) is 4.85. The Morgan fingerprint density at radius 2 is 2.28 bits per heavy atom. The number of amides is 1. The van der Waals surface area contributed by atoms with E-state index < -0.39 is 0 Å². The Hall–Kier alpha value is -3.00. The molecule has 3 heterocycles. The van der Waals surface area contributed by atoms with Crippen LogP contribution in [0.3, 0.4) is 0 Å². The fourth-order valence-electron chi connectivity index (χ4n) is 3.27. The lowest BCUT2D eigenvalue weighted by molar-refractivity contribution is -0.134. The molecule has 1 fully saturated rings. The van der Waals surface area contributed by atoms with Gasteiger partial charge in [0, 0.05) is 36.4 Å². The van der Waals surface area contributed by atoms with E-state index in [-0.39, 0.29) is 18.4 Å². The fraction of sp³-hybridized carbons (Fsp3) is 0.350. The van der Waals surface area contributed by atoms with Gasteiger partial charge >= 0.3 is 0 Å². The standard InChI is InChI=1S/C20H20ClN5O3/c1-13-9-15(4-5-16(13)21)28-12-18(27)26-8-2-3-14(11-26)19-24-20(29-25-19)17-10-22-6-7-23-17/h4-7,9-10,14H,2-3,8,11-12H2,1H3. The minimum absolute atomic E-state index is 0.0136. The van der Waals surface area contributed by atoms with Gasteiger partial charge < -0.3 is 14.2 Å². The Kier molecular flexibility index (Phi) is 5.71. The van der Waals surface area contributed by atoms with Gasteiger partial charge in [0.1, 0.15) is 11.4 Å². The van der Waals surface area contributed by atoms with Crippen LogP contribution in [-0.4, -0.2) is 50.6 Å². The van der Waals surface area contributed by atoms with Crippen LogP contribution in [0.5, 0.6) is 5.75 Å². The second kappa shape index (κ2) is 8.57. The monoisotopic (exact) mass is 413 g/mol. The van der Waals surface area contributed by atoms with Crippen LogP contribution in [-0.2, 0) is 4.79 Å². The summed E-state index contributed by atoms with van der Waals surface area (Å²) in [6.07, 6.45) is 6.48. The van der Waals surface area contributed by atoms with Gasteiger partial charge in [-0.25, -0.2) is 4.98 Å². The number of likely N-dealkylation sites (tertiary alicyclic amines) is 1. The first-order chi connectivity index (χ1) is 14.1. The van der Waals surface area contributed by atoms with Crippen molar-refractivity contribution < 1.29 is 14.1 Å². The molecule has 150 valence electrons. The number of ether oxygens (including phenoxy) is 1. The number of benzene rings is 1. The molecule has 2 aromatic heterocycles. The number of nitrogens with zero attached hydrogens (tertiary/aromatic N) is 5. The number of aromatic nitrogens is 4. The molecule has 8 nitrogen and oxygen atoms in total. The summed E-state index contributed by atoms with van der Waals surface area (Å²) in [4.78, 5) is 27.0. The molecular weight excluding hydrogens is 394 g/mol. The van der Waals surface area contributed by atoms with E-state index in [4.69, 9.17) is 20.9 Å². The molecule has 1 unspecified atom stereocenters. The highest BCUT2D eigenvalue weighted by molar-refractivity contribution is 6.31. The summed E-state index contributed by atoms with van der Waals surface area (Å²) in [5.41, 5.74) is 1.44. The van der Waals surface area contributed by atoms with Crippen molar-refractivity contribution in [2.45, 2.75) is 25.7 Å². The summed E-state index contributed by atoms with van der Waals surface area (Å²) >= 11 is 6.02. The highest BCUT2D eigenvalue weighted by atomic mass is 35.5. The number of rotatable bonds is 5. The molecule has 1 aromatic carbocycles. The van der Waals surface area contributed by atoms with Gasteiger partial charge in [-0.1, -0.05) is 16.8 Å². The molecule has 0 radical (unpaired) electrons. The summed E-state index contributed by atoms with van der Waals surface area (Å²) in [5, 5.41) is 4.76. The Balaban J connectivity index is 1.37. The highest BCUT2D eigenvalue weighted by Crippen LogP contribution is 2.27. The van der Waals surface area contributed by atoms with Gasteiger partial charge in [-0.05, 0) is 43.5 Å². The van der Waals surface area contributed by atoms with E-state index in [0.717, 1.165) is 18.4 Å². The number of aryl methyl sites for hydroxylation is 1. The smallest absolute Gasteiger partial charge is 0.278 e. The van der Waals surface area contributed by atoms with Crippen molar-refractivity contribution in [2.24, 2.45) is 0 Å². The van der Waals surface area contributed by atoms with Crippen molar-refractivity contribution in [1.82, 2.24) is 25.0 Å². The maximum atomic E-state index is 12.6. The molecule has 1 saturated heterocycles. The predicted octanol–water partition coefficient (Wildman–Crippen LogP) is 3.27. The molecule has 1 amide bonds. The maximum absolute atomic E-state index is 12.6. The Bertz CT molecular complexity index is 995. The zero-order chi connectivity index (χ0) is 20.2. The van der Waals surface area contributed by atoms with Gasteiger partial charge in [0.25, 0.3) is 11.8 Å². The largest absolute Gasteiger partial charge is 0.484 e. The third kappa shape index (κ3) is 4.54. The van der Waals surface area contributed by atoms with E-state index in [0.29, 0.717) is 41.3 Å². The average Bonchev–Trinajstić information content (AvgIpc) is 3.25. The number of carbonyl (C=O) groups is 1. The van der Waals surface area contributed by atoms with Crippen LogP contribution in [0.25, 0.3) is 11.6 Å². The van der Waals surface area contributed by atoms with E-state index in [1.165, 1.54) is 0 Å². The average molecular weight is 414 g/mol. The van der Waals surface area contributed by atoms with Crippen LogP contribution in [0, 0.1) is 6.92 Å². The van der Waals surface area contributed by atoms with Crippen LogP contribution in [0.4, 0.5) is 0 Å². The zero-order valence-corrected chi connectivity index (χ0v) is 16.7. The molecular formula is C20H20ClN5O3. The van der Waals surface area contributed by atoms with Crippen molar-refractivity contribution in [3.05, 3.63) is 53.2 Å². The topological polar surface area (TPSA) is 94.2 Å². The lowest BCUT2D eigenvalue weighted by Crippen LogP contribution is -2.41. The number of hydrogen-bond donors (Lipinski definition) is 0. The Morgan fingerprint density at radius 1 is 1.38 bits per heavy atom. The van der Waals surface area contributed by atoms with Crippen molar-refractivity contribution in [3.8, 4) is 17.3 Å². The molecule has 1 aliphatic heterocycles. The molecule has 0 bridgehead atoms. The first-order valence-electron chi connectivity index (χ1n) is 9.37. The summed E-state index contributed by atoms with van der Waals surface area (Å²) in [5.74, 6) is 1.48. The molecule has 0 N–H and O–H groups in total. The molecule has 29 heavy (non-hydrogen) atoms. The van der Waals surface area contributed by atoms with E-state index >= 15 is 0 Å². The third-order valence-corrected chi connectivity index (χ3v) is 5.28. The van der Waals surface area contributed by atoms with Gasteiger partial charge in [-0.2, -0.15) is 4.98 Å². The van der Waals surface area contributed by atoms with Crippen molar-refractivity contribution in [2.75, 3.05) is 19.7 Å². The first kappa shape index (κ1) is 19.3. The minimum Gasteiger partial charge on any atom is -0.484 e. The van der Waals surface area contributed by atoms with E-state index in [1.54, 1.807) is 35.6 Å². The molecule has 0 spiro atoms. The number of hydrogen-bond acceptors (Lipinski definition) is 7. The van der Waals surface area contributed by atoms with Gasteiger partial charge in [-0.3, -0.25) is 9.78 Å². The van der Waals surface area contributed by atoms with Crippen LogP contribution in [0.2, 0.25) is 5.02 Å². The molecule has 1 aliphatic rings. The highest BCUT2D eigenvalue weighted by Gasteiger charge is 2.28. The summed E-state index contributed by atoms with van der Waals surface area (Å²) in [6, 6.07) is 5.34. The van der Waals surface area contributed by atoms with Crippen LogP contribution in [0.15, 0.2) is 41.3 Å². The lowest BCUT2D eigenvalue weighted by Gasteiger charge is -2.31. The maximum Gasteiger partial charge on any atom is 0.278 e. The normalized spacial score (nSPS) is 16.6. The van der Waals surface area contributed by atoms with E-state index in [9.17, 15) is 4.79 Å². The predicted molar refractivity (Wildman–Crippen MR) is 106 cm³/mol. The fourth-order valence-corrected chi connectivity index (χ4v) is 3.39. The molecule has 3 aromatic rings. The van der Waals surface area contributed by atoms with Crippen LogP contribution in [0.1, 0.15) is 30.1 Å². The molecule has 1 atom stereocenters. The number of halogens is 1. The van der Waals surface area contributed by atoms with Crippen molar-refractivity contribution in [1.29, 1.82) is 0 Å². The van der Waals surface area contributed by atoms with E-state index in [2.05, 4.69) is 20.1 Å². The molecule has 0 saturated carbocycles. The minimum atomic E-state index is -0.0695. The molecule has 0 aliphatic carbocycles. The van der Waals surface area contributed by atoms with Gasteiger partial charge in [0.2, 0.25) is 0 Å². The van der Waals surface area contributed by atoms with Gasteiger partial charge in [0.05, 0.1) is 6.20 Å². The Labute approximate surface area is 172 Å². The summed E-state index contributed by atoms with van der Waals surface area (Å²) in [7, 11) is 0. The zero-order valence-electron chi connectivity index (χ0n) is 15.9. The van der Waals surface area contributed by atoms with E-state index in [1.807, 2.05) is 13.0 Å². The lowest BCUT2D eigenvalue weighted by atomic mass is 9.97. The summed E-state index contributed by atoms with van der Waals surface area (Å²) in [6.45, 7) is 3.09. The Morgan fingerprint density at radius 3 is 3.07 bits per heavy atom.